The Morgan fingerprint density at radius 2 is 2.14 bits per heavy atom. The summed E-state index contributed by atoms with van der Waals surface area (Å²) in [7, 11) is 2.14. The number of likely N-dealkylation sites (N-methyl/N-ethyl adjacent to an activating group) is 1. The summed E-state index contributed by atoms with van der Waals surface area (Å²) in [5.41, 5.74) is 1.77. The van der Waals surface area contributed by atoms with Crippen LogP contribution in [0.25, 0.3) is 0 Å². The van der Waals surface area contributed by atoms with Crippen molar-refractivity contribution in [3.8, 4) is 0 Å². The van der Waals surface area contributed by atoms with Gasteiger partial charge in [-0.3, -0.25) is 0 Å². The third-order valence-electron chi connectivity index (χ3n) is 4.12. The molecular weight excluding hydrogens is 265 g/mol. The first kappa shape index (κ1) is 16.2. The third-order valence-corrected chi connectivity index (χ3v) is 4.12. The number of hydrogen-bond acceptors (Lipinski definition) is 3. The molecule has 1 heterocycles. The summed E-state index contributed by atoms with van der Waals surface area (Å²) in [4.78, 5) is 4.54. The molecule has 0 bridgehead atoms. The number of rotatable bonds is 5. The Morgan fingerprint density at radius 3 is 2.86 bits per heavy atom. The molecule has 2 rings (SSSR count). The largest absolute Gasteiger partial charge is 0.365 e. The van der Waals surface area contributed by atoms with E-state index in [1.807, 2.05) is 12.1 Å². The van der Waals surface area contributed by atoms with Crippen LogP contribution in [0.5, 0.6) is 0 Å². The number of nitrogens with one attached hydrogen (secondary N) is 1. The van der Waals surface area contributed by atoms with Gasteiger partial charge in [0, 0.05) is 25.7 Å². The minimum atomic E-state index is -0.0952. The van der Waals surface area contributed by atoms with Crippen LogP contribution in [-0.2, 0) is 6.54 Å². The summed E-state index contributed by atoms with van der Waals surface area (Å²) >= 11 is 0. The van der Waals surface area contributed by atoms with Crippen LogP contribution in [0.4, 0.5) is 10.1 Å². The molecule has 0 radical (unpaired) electrons. The molecule has 1 aliphatic heterocycles. The maximum absolute atomic E-state index is 14.5. The van der Waals surface area contributed by atoms with Crippen LogP contribution in [0.3, 0.4) is 0 Å². The van der Waals surface area contributed by atoms with E-state index in [0.717, 1.165) is 56.8 Å². The van der Waals surface area contributed by atoms with Crippen molar-refractivity contribution in [1.82, 2.24) is 10.2 Å². The van der Waals surface area contributed by atoms with Crippen LogP contribution >= 0.6 is 0 Å². The number of anilines is 1. The maximum atomic E-state index is 14.5. The Bertz CT molecular complexity index is 450. The molecule has 1 aliphatic rings. The van der Waals surface area contributed by atoms with Gasteiger partial charge in [0.05, 0.1) is 5.69 Å². The molecule has 1 atom stereocenters. The maximum Gasteiger partial charge on any atom is 0.146 e. The van der Waals surface area contributed by atoms with Crippen LogP contribution in [0, 0.1) is 5.82 Å². The van der Waals surface area contributed by atoms with Crippen molar-refractivity contribution in [2.45, 2.75) is 39.3 Å². The van der Waals surface area contributed by atoms with Gasteiger partial charge in [0.25, 0.3) is 0 Å². The predicted molar refractivity (Wildman–Crippen MR) is 87.3 cm³/mol. The quantitative estimate of drug-likeness (QED) is 0.842. The predicted octanol–water partition coefficient (Wildman–Crippen LogP) is 2.86. The summed E-state index contributed by atoms with van der Waals surface area (Å²) in [6.07, 6.45) is 2.18. The minimum absolute atomic E-state index is 0.0952. The number of halogens is 1. The van der Waals surface area contributed by atoms with E-state index in [9.17, 15) is 4.39 Å². The average Bonchev–Trinajstić information content (AvgIpc) is 2.60. The standard InChI is InChI=1S/C17H28FN3/c1-4-8-19-12-15-6-7-17(16(18)11-15)21-10-5-9-20(3)13-14(21)2/h6-7,11,14,19H,4-5,8-10,12-13H2,1-3H3. The van der Waals surface area contributed by atoms with Gasteiger partial charge in [-0.15, -0.1) is 0 Å². The normalized spacial score (nSPS) is 20.6. The molecule has 0 spiro atoms. The second-order valence-corrected chi connectivity index (χ2v) is 6.12. The Hall–Kier alpha value is -1.13. The van der Waals surface area contributed by atoms with Crippen molar-refractivity contribution < 1.29 is 4.39 Å². The van der Waals surface area contributed by atoms with E-state index >= 15 is 0 Å². The fourth-order valence-corrected chi connectivity index (χ4v) is 3.03. The van der Waals surface area contributed by atoms with E-state index in [4.69, 9.17) is 0 Å². The Labute approximate surface area is 128 Å². The van der Waals surface area contributed by atoms with Gasteiger partial charge < -0.3 is 15.1 Å². The van der Waals surface area contributed by atoms with Gasteiger partial charge >= 0.3 is 0 Å². The van der Waals surface area contributed by atoms with E-state index in [2.05, 4.69) is 36.0 Å². The molecular formula is C17H28FN3. The van der Waals surface area contributed by atoms with Crippen molar-refractivity contribution in [3.63, 3.8) is 0 Å². The summed E-state index contributed by atoms with van der Waals surface area (Å²) in [6, 6.07) is 6.01. The number of nitrogens with zero attached hydrogens (tertiary/aromatic N) is 2. The first-order valence-electron chi connectivity index (χ1n) is 8.06. The molecule has 0 aromatic heterocycles. The zero-order valence-electron chi connectivity index (χ0n) is 13.5. The number of benzene rings is 1. The van der Waals surface area contributed by atoms with Crippen LogP contribution < -0.4 is 10.2 Å². The van der Waals surface area contributed by atoms with E-state index in [1.54, 1.807) is 6.07 Å². The Morgan fingerprint density at radius 1 is 1.33 bits per heavy atom. The van der Waals surface area contributed by atoms with Crippen LogP contribution in [0.2, 0.25) is 0 Å². The molecule has 118 valence electrons. The molecule has 1 unspecified atom stereocenters. The lowest BCUT2D eigenvalue weighted by atomic mass is 10.1. The molecule has 1 aromatic rings. The molecule has 0 saturated carbocycles. The zero-order valence-corrected chi connectivity index (χ0v) is 13.5. The van der Waals surface area contributed by atoms with Gasteiger partial charge in [-0.05, 0) is 57.6 Å². The fraction of sp³-hybridized carbons (Fsp3) is 0.647. The fourth-order valence-electron chi connectivity index (χ4n) is 3.03. The highest BCUT2D eigenvalue weighted by molar-refractivity contribution is 5.50. The molecule has 0 aliphatic carbocycles. The van der Waals surface area contributed by atoms with Gasteiger partial charge in [-0.1, -0.05) is 13.0 Å². The van der Waals surface area contributed by atoms with E-state index in [-0.39, 0.29) is 5.82 Å². The van der Waals surface area contributed by atoms with Gasteiger partial charge in [0.2, 0.25) is 0 Å². The van der Waals surface area contributed by atoms with Crippen LogP contribution in [-0.4, -0.2) is 44.2 Å². The van der Waals surface area contributed by atoms with Crippen molar-refractivity contribution in [2.75, 3.05) is 38.1 Å². The molecule has 1 saturated heterocycles. The van der Waals surface area contributed by atoms with Crippen molar-refractivity contribution in [2.24, 2.45) is 0 Å². The molecule has 4 heteroatoms. The van der Waals surface area contributed by atoms with E-state index < -0.39 is 0 Å². The van der Waals surface area contributed by atoms with Crippen molar-refractivity contribution in [3.05, 3.63) is 29.6 Å². The van der Waals surface area contributed by atoms with Crippen LogP contribution in [0.1, 0.15) is 32.3 Å². The highest BCUT2D eigenvalue weighted by Gasteiger charge is 2.22. The van der Waals surface area contributed by atoms with Crippen LogP contribution in [0.15, 0.2) is 18.2 Å². The summed E-state index contributed by atoms with van der Waals surface area (Å²) < 4.78 is 14.5. The Kier molecular flexibility index (Phi) is 6.00. The van der Waals surface area contributed by atoms with E-state index in [0.29, 0.717) is 6.04 Å². The van der Waals surface area contributed by atoms with Gasteiger partial charge in [0.15, 0.2) is 0 Å². The average molecular weight is 293 g/mol. The number of hydrogen-bond donors (Lipinski definition) is 1. The third kappa shape index (κ3) is 4.42. The van der Waals surface area contributed by atoms with Crippen molar-refractivity contribution in [1.29, 1.82) is 0 Å². The Balaban J connectivity index is 2.08. The second kappa shape index (κ2) is 7.76. The monoisotopic (exact) mass is 293 g/mol. The molecule has 0 amide bonds. The smallest absolute Gasteiger partial charge is 0.146 e. The topological polar surface area (TPSA) is 18.5 Å². The summed E-state index contributed by atoms with van der Waals surface area (Å²) in [5.74, 6) is -0.0952. The summed E-state index contributed by atoms with van der Waals surface area (Å²) in [6.45, 7) is 9.02. The SMILES string of the molecule is CCCNCc1ccc(N2CCCN(C)CC2C)c(F)c1. The first-order valence-corrected chi connectivity index (χ1v) is 8.06. The lowest BCUT2D eigenvalue weighted by Crippen LogP contribution is -2.38. The van der Waals surface area contributed by atoms with E-state index in [1.165, 1.54) is 0 Å². The first-order chi connectivity index (χ1) is 10.1. The lowest BCUT2D eigenvalue weighted by Gasteiger charge is -2.30. The van der Waals surface area contributed by atoms with Gasteiger partial charge in [0.1, 0.15) is 5.82 Å². The van der Waals surface area contributed by atoms with Gasteiger partial charge in [-0.25, -0.2) is 4.39 Å². The zero-order chi connectivity index (χ0) is 15.2. The van der Waals surface area contributed by atoms with Crippen molar-refractivity contribution >= 4 is 5.69 Å². The molecule has 3 nitrogen and oxygen atoms in total. The molecule has 1 aromatic carbocycles. The highest BCUT2D eigenvalue weighted by Crippen LogP contribution is 2.24. The molecule has 1 fully saturated rings. The lowest BCUT2D eigenvalue weighted by molar-refractivity contribution is 0.337. The summed E-state index contributed by atoms with van der Waals surface area (Å²) in [5, 5.41) is 3.32. The van der Waals surface area contributed by atoms with Gasteiger partial charge in [-0.2, -0.15) is 0 Å². The second-order valence-electron chi connectivity index (χ2n) is 6.12. The molecule has 1 N–H and O–H groups in total. The molecule has 21 heavy (non-hydrogen) atoms. The minimum Gasteiger partial charge on any atom is -0.365 e. The highest BCUT2D eigenvalue weighted by atomic mass is 19.1.